The molecule has 0 aliphatic heterocycles. The Balaban J connectivity index is 3.73. The van der Waals surface area contributed by atoms with E-state index in [0.29, 0.717) is 0 Å². The Labute approximate surface area is 47.2 Å². The van der Waals surface area contributed by atoms with Gasteiger partial charge in [-0.2, -0.15) is 0 Å². The number of halogens is 5. The van der Waals surface area contributed by atoms with Crippen molar-refractivity contribution < 1.29 is 19.7 Å². The molecule has 0 unspecified atom stereocenters. The summed E-state index contributed by atoms with van der Waals surface area (Å²) >= 11 is -6.27. The van der Waals surface area contributed by atoms with Gasteiger partial charge >= 0.3 is 47.3 Å². The molecule has 0 nitrogen and oxygen atoms in total. The fourth-order valence-corrected chi connectivity index (χ4v) is 0. The molecule has 0 saturated carbocycles. The summed E-state index contributed by atoms with van der Waals surface area (Å²) < 4.78 is 22.4. The van der Waals surface area contributed by atoms with Gasteiger partial charge in [0.15, 0.2) is 0 Å². The van der Waals surface area contributed by atoms with Crippen molar-refractivity contribution in [1.82, 2.24) is 0 Å². The van der Waals surface area contributed by atoms with Gasteiger partial charge in [-0.1, -0.05) is 0 Å². The van der Waals surface area contributed by atoms with Gasteiger partial charge < -0.3 is 0 Å². The fraction of sp³-hybridized carbons (Fsp3) is 0. The molecule has 0 aromatic rings. The van der Waals surface area contributed by atoms with E-state index in [4.69, 9.17) is 0 Å². The summed E-state index contributed by atoms with van der Waals surface area (Å²) in [6, 6.07) is 0. The van der Waals surface area contributed by atoms with Crippen LogP contribution in [0.4, 0.5) is 6.05 Å². The Morgan fingerprint density at radius 2 is 1.00 bits per heavy atom. The van der Waals surface area contributed by atoms with Gasteiger partial charge in [-0.25, -0.2) is 0 Å². The second-order valence-corrected chi connectivity index (χ2v) is 17.4. The molecule has 0 saturated heterocycles. The quantitative estimate of drug-likeness (QED) is 0.568. The second kappa shape index (κ2) is 1.47. The molecule has 0 aromatic heterocycles. The molecule has 40 valence electrons. The van der Waals surface area contributed by atoms with Crippen molar-refractivity contribution in [3.05, 3.63) is 0 Å². The van der Waals surface area contributed by atoms with E-state index < -0.39 is 13.7 Å². The van der Waals surface area contributed by atoms with Crippen LogP contribution in [-0.4, -0.2) is 0 Å². The molecule has 0 fully saturated rings. The zero-order valence-electron chi connectivity index (χ0n) is 2.34. The Morgan fingerprint density at radius 1 is 1.00 bits per heavy atom. The molecule has 0 N–H and O–H groups in total. The topological polar surface area (TPSA) is 0 Å². The molecule has 0 heterocycles. The standard InChI is InChI=1S/3ClH.2FH.Nb/h5*1H;/q;;;;;+5/p-5. The third-order valence-electron chi connectivity index (χ3n) is 0. The summed E-state index contributed by atoms with van der Waals surface area (Å²) in [5.41, 5.74) is 0. The summed E-state index contributed by atoms with van der Waals surface area (Å²) in [6.07, 6.45) is 0. The Kier molecular flexibility index (Phi) is 1.83. The first-order valence-electron chi connectivity index (χ1n) is 0.845. The minimum absolute atomic E-state index is 4.18. The van der Waals surface area contributed by atoms with Crippen molar-refractivity contribution in [3.63, 3.8) is 0 Å². The van der Waals surface area contributed by atoms with Gasteiger partial charge in [-0.15, -0.1) is 0 Å². The monoisotopic (exact) mass is 236 g/mol. The third-order valence-corrected chi connectivity index (χ3v) is 0. The van der Waals surface area contributed by atoms with Crippen molar-refractivity contribution in [2.75, 3.05) is 0 Å². The Hall–Kier alpha value is 1.47. The minimum atomic E-state index is -6.27. The summed E-state index contributed by atoms with van der Waals surface area (Å²) in [7, 11) is 12.6. The van der Waals surface area contributed by atoms with E-state index in [9.17, 15) is 6.05 Å². The molecule has 0 amide bonds. The fourth-order valence-electron chi connectivity index (χ4n) is 0. The number of rotatable bonds is 0. The molecular formula is Cl3F2Nb. The van der Waals surface area contributed by atoms with E-state index in [1.165, 1.54) is 0 Å². The molecule has 0 spiro atoms. The van der Waals surface area contributed by atoms with Gasteiger partial charge in [0, 0.05) is 0 Å². The van der Waals surface area contributed by atoms with Crippen molar-refractivity contribution in [1.29, 1.82) is 0 Å². The van der Waals surface area contributed by atoms with Gasteiger partial charge in [0.2, 0.25) is 0 Å². The van der Waals surface area contributed by atoms with Gasteiger partial charge in [-0.05, 0) is 0 Å². The van der Waals surface area contributed by atoms with Crippen LogP contribution in [0, 0.1) is 0 Å². The first kappa shape index (κ1) is 7.47. The van der Waals surface area contributed by atoms with Crippen molar-refractivity contribution in [2.45, 2.75) is 0 Å². The van der Waals surface area contributed by atoms with Crippen molar-refractivity contribution in [3.8, 4) is 0 Å². The van der Waals surface area contributed by atoms with Crippen molar-refractivity contribution in [2.24, 2.45) is 0 Å². The number of hydrogen-bond donors (Lipinski definition) is 0. The molecule has 0 aliphatic rings. The van der Waals surface area contributed by atoms with Crippen LogP contribution in [0.3, 0.4) is 0 Å². The third kappa shape index (κ3) is 50.6. The predicted octanol–water partition coefficient (Wildman–Crippen LogP) is 2.91. The molecule has 6 heavy (non-hydrogen) atoms. The Morgan fingerprint density at radius 3 is 1.00 bits per heavy atom. The van der Waals surface area contributed by atoms with Crippen LogP contribution < -0.4 is 0 Å². The second-order valence-electron chi connectivity index (χ2n) is 0.639. The van der Waals surface area contributed by atoms with Gasteiger partial charge in [-0.3, -0.25) is 0 Å². The van der Waals surface area contributed by atoms with Crippen LogP contribution in [0.1, 0.15) is 0 Å². The first-order chi connectivity index (χ1) is 2.24. The summed E-state index contributed by atoms with van der Waals surface area (Å²) in [5.74, 6) is 0. The molecule has 6 heteroatoms. The molecule has 0 atom stereocenters. The van der Waals surface area contributed by atoms with Crippen molar-refractivity contribution >= 4 is 27.6 Å². The van der Waals surface area contributed by atoms with Crippen LogP contribution >= 0.6 is 27.6 Å². The maximum absolute atomic E-state index is 11.2. The molecule has 0 radical (unpaired) electrons. The van der Waals surface area contributed by atoms with E-state index in [1.807, 2.05) is 0 Å². The molecule has 0 bridgehead atoms. The van der Waals surface area contributed by atoms with Gasteiger partial charge in [0.1, 0.15) is 0 Å². The average Bonchev–Trinajstić information content (AvgIpc) is 0.650. The zero-order valence-corrected chi connectivity index (χ0v) is 6.80. The maximum atomic E-state index is 11.2. The summed E-state index contributed by atoms with van der Waals surface area (Å²) in [5, 5.41) is 0. The Bertz CT molecular complexity index is 42.0. The van der Waals surface area contributed by atoms with Gasteiger partial charge in [0.05, 0.1) is 0 Å². The van der Waals surface area contributed by atoms with Crippen LogP contribution in [0.25, 0.3) is 0 Å². The number of hydrogen-bond acceptors (Lipinski definition) is 0. The van der Waals surface area contributed by atoms with E-state index >= 15 is 0 Å². The average molecular weight is 237 g/mol. The normalized spacial score (nSPS) is 19.2. The van der Waals surface area contributed by atoms with Crippen LogP contribution in [0.15, 0.2) is 0 Å². The van der Waals surface area contributed by atoms with Crippen LogP contribution in [-0.2, 0) is 13.7 Å². The molecule has 0 aliphatic carbocycles. The van der Waals surface area contributed by atoms with E-state index in [0.717, 1.165) is 0 Å². The van der Waals surface area contributed by atoms with E-state index in [-0.39, 0.29) is 0 Å². The molecule has 0 rings (SSSR count). The van der Waals surface area contributed by atoms with E-state index in [2.05, 4.69) is 27.6 Å². The predicted molar refractivity (Wildman–Crippen MR) is 19.8 cm³/mol. The van der Waals surface area contributed by atoms with Crippen LogP contribution in [0.2, 0.25) is 0 Å². The first-order valence-corrected chi connectivity index (χ1v) is 11.0. The zero-order chi connectivity index (χ0) is 5.45. The van der Waals surface area contributed by atoms with E-state index in [1.54, 1.807) is 0 Å². The van der Waals surface area contributed by atoms with Crippen LogP contribution in [0.5, 0.6) is 0 Å². The summed E-state index contributed by atoms with van der Waals surface area (Å²) in [6.45, 7) is 0. The summed E-state index contributed by atoms with van der Waals surface area (Å²) in [4.78, 5) is 0. The van der Waals surface area contributed by atoms with Gasteiger partial charge in [0.25, 0.3) is 0 Å². The molecule has 0 aromatic carbocycles. The SMILES string of the molecule is [F][Nb]([F])([Cl])([Cl])[Cl]. The molecular weight excluding hydrogens is 237 g/mol.